The number of benzene rings is 1. The Morgan fingerprint density at radius 1 is 1.19 bits per heavy atom. The predicted octanol–water partition coefficient (Wildman–Crippen LogP) is 6.33. The van der Waals surface area contributed by atoms with Crippen molar-refractivity contribution < 1.29 is 19.1 Å². The summed E-state index contributed by atoms with van der Waals surface area (Å²) in [5.41, 5.74) is 1.53. The van der Waals surface area contributed by atoms with Crippen molar-refractivity contribution in [1.29, 1.82) is 0 Å². The van der Waals surface area contributed by atoms with Crippen LogP contribution < -0.4 is 10.1 Å². The van der Waals surface area contributed by atoms with Gasteiger partial charge in [0.1, 0.15) is 10.8 Å². The Morgan fingerprint density at radius 3 is 2.68 bits per heavy atom. The van der Waals surface area contributed by atoms with E-state index in [1.54, 1.807) is 12.1 Å². The van der Waals surface area contributed by atoms with Crippen molar-refractivity contribution in [2.24, 2.45) is 0 Å². The Kier molecular flexibility index (Phi) is 9.15. The minimum Gasteiger partial charge on any atom is -0.481 e. The highest BCUT2D eigenvalue weighted by molar-refractivity contribution is 7.99. The van der Waals surface area contributed by atoms with Gasteiger partial charge in [0.25, 0.3) is 0 Å². The van der Waals surface area contributed by atoms with E-state index in [1.165, 1.54) is 23.1 Å². The number of thiophene rings is 1. The Labute approximate surface area is 230 Å². The van der Waals surface area contributed by atoms with Gasteiger partial charge in [-0.3, -0.25) is 4.79 Å². The van der Waals surface area contributed by atoms with Crippen LogP contribution in [-0.4, -0.2) is 38.5 Å². The number of para-hydroxylation sites is 1. The fraction of sp³-hybridized carbons (Fsp3) is 0.462. The molecule has 1 atom stereocenters. The van der Waals surface area contributed by atoms with E-state index in [2.05, 4.69) is 15.5 Å². The molecule has 198 valence electrons. The first-order chi connectivity index (χ1) is 17.8. The molecule has 11 heteroatoms. The zero-order valence-corrected chi connectivity index (χ0v) is 23.8. The number of halogens is 1. The lowest BCUT2D eigenvalue weighted by molar-refractivity contribution is -0.113. The summed E-state index contributed by atoms with van der Waals surface area (Å²) in [4.78, 5) is 27.0. The summed E-state index contributed by atoms with van der Waals surface area (Å²) < 4.78 is 13.4. The summed E-state index contributed by atoms with van der Waals surface area (Å²) in [7, 11) is 0. The molecule has 0 saturated heterocycles. The average molecular weight is 563 g/mol. The molecule has 1 aliphatic rings. The van der Waals surface area contributed by atoms with Crippen LogP contribution in [-0.2, 0) is 28.9 Å². The second-order valence-corrected chi connectivity index (χ2v) is 11.4. The number of rotatable bonds is 10. The topological polar surface area (TPSA) is 95.3 Å². The van der Waals surface area contributed by atoms with Crippen LogP contribution >= 0.6 is 34.7 Å². The summed E-state index contributed by atoms with van der Waals surface area (Å²) in [6.45, 7) is 8.14. The maximum atomic E-state index is 12.9. The van der Waals surface area contributed by atoms with E-state index in [1.807, 2.05) is 44.4 Å². The van der Waals surface area contributed by atoms with Crippen molar-refractivity contribution in [2.75, 3.05) is 11.1 Å². The highest BCUT2D eigenvalue weighted by atomic mass is 35.5. The van der Waals surface area contributed by atoms with Gasteiger partial charge in [0.05, 0.1) is 22.4 Å². The first kappa shape index (κ1) is 27.5. The van der Waals surface area contributed by atoms with Crippen LogP contribution in [0.5, 0.6) is 5.75 Å². The molecule has 1 aromatic carbocycles. The van der Waals surface area contributed by atoms with E-state index >= 15 is 0 Å². The van der Waals surface area contributed by atoms with Crippen molar-refractivity contribution in [1.82, 2.24) is 14.8 Å². The molecule has 0 fully saturated rings. The van der Waals surface area contributed by atoms with Gasteiger partial charge in [0, 0.05) is 11.4 Å². The Hall–Kier alpha value is -2.56. The number of carbonyl (C=O) groups is 2. The number of ether oxygens (including phenoxy) is 2. The first-order valence-corrected chi connectivity index (χ1v) is 14.6. The molecule has 1 N–H and O–H groups in total. The molecular formula is C26H31ClN4O4S2. The Morgan fingerprint density at radius 2 is 1.95 bits per heavy atom. The number of thioether (sulfide) groups is 1. The smallest absolute Gasteiger partial charge is 0.341 e. The van der Waals surface area contributed by atoms with Crippen LogP contribution in [0.1, 0.15) is 73.3 Å². The summed E-state index contributed by atoms with van der Waals surface area (Å²) in [5, 5.41) is 13.3. The molecule has 4 rings (SSSR count). The SMILES string of the molecule is CCn1c(SCC(=O)Nc2sc3c(c2C(=O)OC(C)C)CCCC3)nnc1C(C)Oc1ccccc1Cl. The third kappa shape index (κ3) is 6.48. The van der Waals surface area contributed by atoms with E-state index in [9.17, 15) is 9.59 Å². The molecule has 1 aliphatic carbocycles. The van der Waals surface area contributed by atoms with Crippen LogP contribution in [0, 0.1) is 0 Å². The largest absolute Gasteiger partial charge is 0.481 e. The van der Waals surface area contributed by atoms with E-state index in [4.69, 9.17) is 21.1 Å². The number of aromatic nitrogens is 3. The maximum absolute atomic E-state index is 12.9. The summed E-state index contributed by atoms with van der Waals surface area (Å²) in [6, 6.07) is 7.28. The van der Waals surface area contributed by atoms with Crippen molar-refractivity contribution in [3.05, 3.63) is 51.1 Å². The number of aryl methyl sites for hydroxylation is 1. The van der Waals surface area contributed by atoms with Crippen LogP contribution in [0.4, 0.5) is 5.00 Å². The molecule has 0 spiro atoms. The van der Waals surface area contributed by atoms with Gasteiger partial charge in [-0.25, -0.2) is 4.79 Å². The average Bonchev–Trinajstić information content (AvgIpc) is 3.44. The Bertz CT molecular complexity index is 1270. The number of hydrogen-bond acceptors (Lipinski definition) is 8. The molecule has 0 bridgehead atoms. The fourth-order valence-electron chi connectivity index (χ4n) is 4.22. The zero-order valence-electron chi connectivity index (χ0n) is 21.4. The molecule has 0 saturated carbocycles. The van der Waals surface area contributed by atoms with Crippen molar-refractivity contribution >= 4 is 51.6 Å². The van der Waals surface area contributed by atoms with Gasteiger partial charge in [0.2, 0.25) is 5.91 Å². The number of anilines is 1. The van der Waals surface area contributed by atoms with E-state index < -0.39 is 0 Å². The minimum absolute atomic E-state index is 0.124. The third-order valence-corrected chi connectivity index (χ3v) is 8.36. The van der Waals surface area contributed by atoms with Crippen LogP contribution in [0.3, 0.4) is 0 Å². The van der Waals surface area contributed by atoms with Crippen LogP contribution in [0.15, 0.2) is 29.4 Å². The lowest BCUT2D eigenvalue weighted by Crippen LogP contribution is -2.19. The molecular weight excluding hydrogens is 532 g/mol. The standard InChI is InChI=1S/C26H31ClN4O4S2/c1-5-31-23(16(4)35-19-12-8-7-11-18(19)27)29-30-26(31)36-14-21(32)28-24-22(25(33)34-15(2)3)17-10-6-9-13-20(17)37-24/h7-8,11-12,15-16H,5-6,9-10,13-14H2,1-4H3,(H,28,32). The normalized spacial score (nSPS) is 13.8. The number of amides is 1. The van der Waals surface area contributed by atoms with Crippen molar-refractivity contribution in [2.45, 2.75) is 77.3 Å². The van der Waals surface area contributed by atoms with E-state index in [0.29, 0.717) is 38.9 Å². The number of carbonyl (C=O) groups excluding carboxylic acids is 2. The number of hydrogen-bond donors (Lipinski definition) is 1. The van der Waals surface area contributed by atoms with Gasteiger partial charge in [0.15, 0.2) is 17.1 Å². The van der Waals surface area contributed by atoms with Gasteiger partial charge in [-0.1, -0.05) is 35.5 Å². The van der Waals surface area contributed by atoms with Crippen LogP contribution in [0.25, 0.3) is 0 Å². The minimum atomic E-state index is -0.387. The van der Waals surface area contributed by atoms with Gasteiger partial charge in [-0.2, -0.15) is 0 Å². The zero-order chi connectivity index (χ0) is 26.5. The summed E-state index contributed by atoms with van der Waals surface area (Å²) >= 11 is 9.00. The predicted molar refractivity (Wildman–Crippen MR) is 147 cm³/mol. The Balaban J connectivity index is 1.44. The van der Waals surface area contributed by atoms with Crippen LogP contribution in [0.2, 0.25) is 5.02 Å². The first-order valence-electron chi connectivity index (χ1n) is 12.4. The van der Waals surface area contributed by atoms with Crippen molar-refractivity contribution in [3.8, 4) is 5.75 Å². The maximum Gasteiger partial charge on any atom is 0.341 e. The van der Waals surface area contributed by atoms with E-state index in [0.717, 1.165) is 36.1 Å². The molecule has 3 aromatic rings. The molecule has 37 heavy (non-hydrogen) atoms. The van der Waals surface area contributed by atoms with Gasteiger partial charge in [-0.05, 0) is 71.1 Å². The molecule has 1 unspecified atom stereocenters. The lowest BCUT2D eigenvalue weighted by atomic mass is 9.95. The highest BCUT2D eigenvalue weighted by Crippen LogP contribution is 2.39. The third-order valence-electron chi connectivity index (χ3n) is 5.87. The molecule has 0 aliphatic heterocycles. The summed E-state index contributed by atoms with van der Waals surface area (Å²) in [6.07, 6.45) is 3.25. The number of esters is 1. The second kappa shape index (κ2) is 12.3. The lowest BCUT2D eigenvalue weighted by Gasteiger charge is -2.16. The van der Waals surface area contributed by atoms with Gasteiger partial charge < -0.3 is 19.4 Å². The summed E-state index contributed by atoms with van der Waals surface area (Å²) in [5.74, 6) is 0.755. The number of nitrogens with one attached hydrogen (secondary N) is 1. The molecule has 2 aromatic heterocycles. The van der Waals surface area contributed by atoms with Gasteiger partial charge in [-0.15, -0.1) is 21.5 Å². The van der Waals surface area contributed by atoms with Gasteiger partial charge >= 0.3 is 5.97 Å². The monoisotopic (exact) mass is 562 g/mol. The molecule has 2 heterocycles. The fourth-order valence-corrected chi connectivity index (χ4v) is 6.51. The number of fused-ring (bicyclic) bond motifs is 1. The molecule has 0 radical (unpaired) electrons. The second-order valence-electron chi connectivity index (χ2n) is 8.98. The highest BCUT2D eigenvalue weighted by Gasteiger charge is 2.28. The van der Waals surface area contributed by atoms with E-state index in [-0.39, 0.29) is 29.8 Å². The molecule has 1 amide bonds. The quantitative estimate of drug-likeness (QED) is 0.228. The van der Waals surface area contributed by atoms with Crippen molar-refractivity contribution in [3.63, 3.8) is 0 Å². The molecule has 8 nitrogen and oxygen atoms in total. The number of nitrogens with zero attached hydrogens (tertiary/aromatic N) is 3.